The molecule has 0 heterocycles. The Morgan fingerprint density at radius 2 is 1.85 bits per heavy atom. The number of hydrogen-bond donors (Lipinski definition) is 0. The molecule has 0 aliphatic heterocycles. The molecule has 1 saturated carbocycles. The highest BCUT2D eigenvalue weighted by Crippen LogP contribution is 2.34. The normalized spacial score (nSPS) is 22.6. The van der Waals surface area contributed by atoms with Crippen molar-refractivity contribution >= 4 is 11.6 Å². The fourth-order valence-electron chi connectivity index (χ4n) is 2.84. The average molecular weight is 297 g/mol. The Morgan fingerprint density at radius 1 is 1.10 bits per heavy atom. The lowest BCUT2D eigenvalue weighted by Gasteiger charge is -2.29. The second-order valence-electron chi connectivity index (χ2n) is 5.52. The standard InChI is InChI=1S/C17H25ClO2/c1-3-13-5-8-15(9-6-13)20-16-10-7-14(12-18)11-17(16)19-4-2/h7,10-11,13,15H,3-6,8-9,12H2,1-2H3. The van der Waals surface area contributed by atoms with Gasteiger partial charge in [0.25, 0.3) is 0 Å². The number of hydrogen-bond acceptors (Lipinski definition) is 2. The summed E-state index contributed by atoms with van der Waals surface area (Å²) in [6.45, 7) is 4.91. The van der Waals surface area contributed by atoms with Gasteiger partial charge >= 0.3 is 0 Å². The van der Waals surface area contributed by atoms with Crippen molar-refractivity contribution in [2.45, 2.75) is 57.9 Å². The molecule has 0 N–H and O–H groups in total. The summed E-state index contributed by atoms with van der Waals surface area (Å²) in [7, 11) is 0. The van der Waals surface area contributed by atoms with Gasteiger partial charge in [-0.2, -0.15) is 0 Å². The lowest BCUT2D eigenvalue weighted by atomic mass is 9.86. The van der Waals surface area contributed by atoms with E-state index in [2.05, 4.69) is 6.92 Å². The number of rotatable bonds is 6. The smallest absolute Gasteiger partial charge is 0.161 e. The molecule has 0 atom stereocenters. The molecule has 1 fully saturated rings. The third kappa shape index (κ3) is 4.05. The fraction of sp³-hybridized carbons (Fsp3) is 0.647. The van der Waals surface area contributed by atoms with E-state index in [0.29, 0.717) is 18.6 Å². The molecule has 112 valence electrons. The minimum atomic E-state index is 0.332. The predicted octanol–water partition coefficient (Wildman–Crippen LogP) is 5.17. The lowest BCUT2D eigenvalue weighted by molar-refractivity contribution is 0.124. The first-order valence-corrected chi connectivity index (χ1v) is 8.28. The van der Waals surface area contributed by atoms with E-state index >= 15 is 0 Å². The molecular formula is C17H25ClO2. The Labute approximate surface area is 127 Å². The summed E-state index contributed by atoms with van der Waals surface area (Å²) >= 11 is 5.88. The number of halogens is 1. The molecule has 0 amide bonds. The maximum Gasteiger partial charge on any atom is 0.161 e. The number of alkyl halides is 1. The molecule has 1 aromatic carbocycles. The van der Waals surface area contributed by atoms with Gasteiger partial charge in [0.15, 0.2) is 11.5 Å². The summed E-state index contributed by atoms with van der Waals surface area (Å²) in [6.07, 6.45) is 6.50. The van der Waals surface area contributed by atoms with E-state index in [9.17, 15) is 0 Å². The van der Waals surface area contributed by atoms with Crippen LogP contribution in [0.3, 0.4) is 0 Å². The maximum absolute atomic E-state index is 6.16. The minimum Gasteiger partial charge on any atom is -0.490 e. The highest BCUT2D eigenvalue weighted by Gasteiger charge is 2.22. The molecule has 0 radical (unpaired) electrons. The number of ether oxygens (including phenoxy) is 2. The van der Waals surface area contributed by atoms with Crippen molar-refractivity contribution in [2.24, 2.45) is 5.92 Å². The van der Waals surface area contributed by atoms with Crippen molar-refractivity contribution < 1.29 is 9.47 Å². The van der Waals surface area contributed by atoms with Crippen LogP contribution in [0.1, 0.15) is 51.5 Å². The summed E-state index contributed by atoms with van der Waals surface area (Å²) in [5.74, 6) is 3.07. The average Bonchev–Trinajstić information content (AvgIpc) is 2.50. The van der Waals surface area contributed by atoms with Crippen LogP contribution in [-0.4, -0.2) is 12.7 Å². The van der Waals surface area contributed by atoms with Gasteiger partial charge in [-0.3, -0.25) is 0 Å². The zero-order valence-electron chi connectivity index (χ0n) is 12.5. The van der Waals surface area contributed by atoms with Crippen LogP contribution in [0, 0.1) is 5.92 Å². The summed E-state index contributed by atoms with van der Waals surface area (Å²) in [5, 5.41) is 0. The highest BCUT2D eigenvalue weighted by molar-refractivity contribution is 6.17. The van der Waals surface area contributed by atoms with E-state index < -0.39 is 0 Å². The van der Waals surface area contributed by atoms with Gasteiger partial charge < -0.3 is 9.47 Å². The van der Waals surface area contributed by atoms with Crippen molar-refractivity contribution in [1.82, 2.24) is 0 Å². The molecule has 1 aromatic rings. The van der Waals surface area contributed by atoms with Crippen LogP contribution in [0.2, 0.25) is 0 Å². The molecule has 1 aliphatic rings. The Kier molecular flexibility index (Phi) is 6.03. The van der Waals surface area contributed by atoms with Gasteiger partial charge in [-0.05, 0) is 56.2 Å². The lowest BCUT2D eigenvalue weighted by Crippen LogP contribution is -2.24. The van der Waals surface area contributed by atoms with E-state index in [1.807, 2.05) is 25.1 Å². The van der Waals surface area contributed by atoms with Crippen LogP contribution in [0.5, 0.6) is 11.5 Å². The molecule has 0 bridgehead atoms. The summed E-state index contributed by atoms with van der Waals surface area (Å²) in [4.78, 5) is 0. The van der Waals surface area contributed by atoms with Gasteiger partial charge in [-0.15, -0.1) is 11.6 Å². The van der Waals surface area contributed by atoms with Crippen LogP contribution >= 0.6 is 11.6 Å². The quantitative estimate of drug-likeness (QED) is 0.674. The zero-order valence-corrected chi connectivity index (χ0v) is 13.3. The van der Waals surface area contributed by atoms with Gasteiger partial charge in [-0.25, -0.2) is 0 Å². The second-order valence-corrected chi connectivity index (χ2v) is 5.78. The summed E-state index contributed by atoms with van der Waals surface area (Å²) in [5.41, 5.74) is 1.07. The fourth-order valence-corrected chi connectivity index (χ4v) is 3.01. The van der Waals surface area contributed by atoms with Crippen molar-refractivity contribution in [3.8, 4) is 11.5 Å². The van der Waals surface area contributed by atoms with Crippen molar-refractivity contribution in [1.29, 1.82) is 0 Å². The Morgan fingerprint density at radius 3 is 2.45 bits per heavy atom. The maximum atomic E-state index is 6.16. The SMILES string of the molecule is CCOc1cc(CCl)ccc1OC1CCC(CC)CC1. The minimum absolute atomic E-state index is 0.332. The first-order valence-electron chi connectivity index (χ1n) is 7.75. The van der Waals surface area contributed by atoms with Gasteiger partial charge in [0.05, 0.1) is 12.7 Å². The second kappa shape index (κ2) is 7.78. The molecule has 2 rings (SSSR count). The monoisotopic (exact) mass is 296 g/mol. The third-order valence-corrected chi connectivity index (χ3v) is 4.44. The molecule has 20 heavy (non-hydrogen) atoms. The van der Waals surface area contributed by atoms with Gasteiger partial charge in [-0.1, -0.05) is 19.4 Å². The van der Waals surface area contributed by atoms with Crippen LogP contribution in [0.4, 0.5) is 0 Å². The van der Waals surface area contributed by atoms with E-state index in [-0.39, 0.29) is 0 Å². The first kappa shape index (κ1) is 15.5. The first-order chi connectivity index (χ1) is 9.76. The van der Waals surface area contributed by atoms with Crippen molar-refractivity contribution in [3.63, 3.8) is 0 Å². The molecule has 2 nitrogen and oxygen atoms in total. The van der Waals surface area contributed by atoms with Gasteiger partial charge in [0, 0.05) is 5.88 Å². The Bertz CT molecular complexity index is 411. The predicted molar refractivity (Wildman–Crippen MR) is 83.8 cm³/mol. The highest BCUT2D eigenvalue weighted by atomic mass is 35.5. The molecule has 0 unspecified atom stereocenters. The van der Waals surface area contributed by atoms with Crippen LogP contribution in [-0.2, 0) is 5.88 Å². The Balaban J connectivity index is 2.01. The van der Waals surface area contributed by atoms with Crippen LogP contribution in [0.25, 0.3) is 0 Å². The molecule has 3 heteroatoms. The third-order valence-electron chi connectivity index (χ3n) is 4.13. The molecule has 0 saturated heterocycles. The van der Waals surface area contributed by atoms with Crippen molar-refractivity contribution in [3.05, 3.63) is 23.8 Å². The van der Waals surface area contributed by atoms with Crippen LogP contribution < -0.4 is 9.47 Å². The topological polar surface area (TPSA) is 18.5 Å². The molecular weight excluding hydrogens is 272 g/mol. The number of benzene rings is 1. The largest absolute Gasteiger partial charge is 0.490 e. The molecule has 0 aromatic heterocycles. The van der Waals surface area contributed by atoms with E-state index in [0.717, 1.165) is 35.8 Å². The van der Waals surface area contributed by atoms with Gasteiger partial charge in [0.2, 0.25) is 0 Å². The molecule has 1 aliphatic carbocycles. The summed E-state index contributed by atoms with van der Waals surface area (Å²) < 4.78 is 11.8. The van der Waals surface area contributed by atoms with Crippen LogP contribution in [0.15, 0.2) is 18.2 Å². The van der Waals surface area contributed by atoms with E-state index in [1.54, 1.807) is 0 Å². The molecule has 0 spiro atoms. The zero-order chi connectivity index (χ0) is 14.4. The van der Waals surface area contributed by atoms with E-state index in [1.165, 1.54) is 19.3 Å². The van der Waals surface area contributed by atoms with E-state index in [4.69, 9.17) is 21.1 Å². The Hall–Kier alpha value is -0.890. The van der Waals surface area contributed by atoms with Gasteiger partial charge in [0.1, 0.15) is 0 Å². The van der Waals surface area contributed by atoms with Crippen molar-refractivity contribution in [2.75, 3.05) is 6.61 Å². The summed E-state index contributed by atoms with van der Waals surface area (Å²) in [6, 6.07) is 6.00.